The molecule has 1 saturated carbocycles. The number of nitrogens with zero attached hydrogens (tertiary/aromatic N) is 4. The van der Waals surface area contributed by atoms with Gasteiger partial charge < -0.3 is 10.3 Å². The van der Waals surface area contributed by atoms with Crippen molar-refractivity contribution in [3.8, 4) is 0 Å². The van der Waals surface area contributed by atoms with Crippen LogP contribution in [-0.2, 0) is 16.1 Å². The van der Waals surface area contributed by atoms with Crippen LogP contribution in [0.4, 0.5) is 0 Å². The third kappa shape index (κ3) is 2.57. The molecule has 1 aromatic heterocycles. The quantitative estimate of drug-likeness (QED) is 0.805. The highest BCUT2D eigenvalue weighted by Gasteiger charge is 2.42. The molecule has 2 fully saturated rings. The van der Waals surface area contributed by atoms with Gasteiger partial charge in [-0.1, -0.05) is 11.8 Å². The van der Waals surface area contributed by atoms with Gasteiger partial charge in [0, 0.05) is 18.5 Å². The summed E-state index contributed by atoms with van der Waals surface area (Å²) in [5.41, 5.74) is 5.69. The van der Waals surface area contributed by atoms with E-state index in [-0.39, 0.29) is 24.3 Å². The Morgan fingerprint density at radius 3 is 2.57 bits per heavy atom. The molecule has 3 rings (SSSR count). The van der Waals surface area contributed by atoms with Crippen molar-refractivity contribution in [2.75, 3.05) is 0 Å². The number of hydrogen-bond donors (Lipinski definition) is 1. The van der Waals surface area contributed by atoms with Crippen LogP contribution in [-0.4, -0.2) is 42.8 Å². The molecule has 114 valence electrons. The van der Waals surface area contributed by atoms with Gasteiger partial charge in [-0.15, -0.1) is 10.2 Å². The van der Waals surface area contributed by atoms with Gasteiger partial charge in [0.25, 0.3) is 0 Å². The Balaban J connectivity index is 1.80. The van der Waals surface area contributed by atoms with Crippen LogP contribution in [0.5, 0.6) is 0 Å². The normalized spacial score (nSPS) is 22.7. The third-order valence-corrected chi connectivity index (χ3v) is 4.88. The predicted molar refractivity (Wildman–Crippen MR) is 77.4 cm³/mol. The summed E-state index contributed by atoms with van der Waals surface area (Å²) in [6, 6.07) is 0.297. The molecule has 1 saturated heterocycles. The lowest BCUT2D eigenvalue weighted by Crippen LogP contribution is -2.37. The minimum Gasteiger partial charge on any atom is -0.324 e. The lowest BCUT2D eigenvalue weighted by Gasteiger charge is -2.18. The molecule has 2 amide bonds. The Labute approximate surface area is 127 Å². The molecule has 1 atom stereocenters. The number of nitrogens with two attached hydrogens (primary N) is 1. The van der Waals surface area contributed by atoms with E-state index < -0.39 is 5.25 Å². The Morgan fingerprint density at radius 1 is 1.33 bits per heavy atom. The summed E-state index contributed by atoms with van der Waals surface area (Å²) in [5, 5.41) is 8.56. The van der Waals surface area contributed by atoms with Crippen LogP contribution in [0, 0.1) is 0 Å². The van der Waals surface area contributed by atoms with Crippen molar-refractivity contribution in [3.63, 3.8) is 0 Å². The second-order valence-corrected chi connectivity index (χ2v) is 6.88. The van der Waals surface area contributed by atoms with Crippen LogP contribution in [0.25, 0.3) is 0 Å². The molecule has 2 heterocycles. The summed E-state index contributed by atoms with van der Waals surface area (Å²) in [4.78, 5) is 25.6. The number of thioether (sulfide) groups is 1. The van der Waals surface area contributed by atoms with Crippen molar-refractivity contribution in [3.05, 3.63) is 5.82 Å². The maximum absolute atomic E-state index is 12.3. The molecule has 0 spiro atoms. The van der Waals surface area contributed by atoms with Crippen molar-refractivity contribution >= 4 is 23.6 Å². The summed E-state index contributed by atoms with van der Waals surface area (Å²) in [6.07, 6.45) is 2.42. The van der Waals surface area contributed by atoms with Gasteiger partial charge >= 0.3 is 0 Å². The number of carbonyl (C=O) groups excluding carboxylic acids is 2. The largest absolute Gasteiger partial charge is 0.324 e. The van der Waals surface area contributed by atoms with Crippen molar-refractivity contribution in [2.24, 2.45) is 5.73 Å². The van der Waals surface area contributed by atoms with Crippen molar-refractivity contribution < 1.29 is 9.59 Å². The van der Waals surface area contributed by atoms with E-state index in [1.54, 1.807) is 0 Å². The van der Waals surface area contributed by atoms with Crippen LogP contribution in [0.1, 0.15) is 45.0 Å². The summed E-state index contributed by atoms with van der Waals surface area (Å²) in [6.45, 7) is 4.03. The van der Waals surface area contributed by atoms with E-state index in [9.17, 15) is 9.59 Å². The van der Waals surface area contributed by atoms with E-state index in [2.05, 4.69) is 10.2 Å². The lowest BCUT2D eigenvalue weighted by molar-refractivity contribution is -0.140. The number of aromatic nitrogens is 3. The van der Waals surface area contributed by atoms with Gasteiger partial charge in [-0.2, -0.15) is 0 Å². The van der Waals surface area contributed by atoms with E-state index in [4.69, 9.17) is 5.73 Å². The number of carbonyl (C=O) groups is 2. The Bertz CT molecular complexity index is 581. The molecule has 0 bridgehead atoms. The molecule has 2 N–H and O–H groups in total. The topological polar surface area (TPSA) is 94.1 Å². The predicted octanol–water partition coefficient (Wildman–Crippen LogP) is 0.700. The minimum atomic E-state index is -0.396. The summed E-state index contributed by atoms with van der Waals surface area (Å²) in [5.74, 6) is 0.515. The van der Waals surface area contributed by atoms with Crippen LogP contribution in [0.15, 0.2) is 5.16 Å². The van der Waals surface area contributed by atoms with Gasteiger partial charge in [0.15, 0.2) is 5.16 Å². The first kappa shape index (κ1) is 14.5. The van der Waals surface area contributed by atoms with Crippen LogP contribution >= 0.6 is 11.8 Å². The second kappa shape index (κ2) is 5.42. The summed E-state index contributed by atoms with van der Waals surface area (Å²) < 4.78 is 2.03. The van der Waals surface area contributed by atoms with Gasteiger partial charge in [-0.25, -0.2) is 0 Å². The Kier molecular flexibility index (Phi) is 3.75. The number of amides is 2. The molecular formula is C13H19N5O2S. The first-order chi connectivity index (χ1) is 10.0. The highest BCUT2D eigenvalue weighted by molar-refractivity contribution is 8.00. The average molecular weight is 309 g/mol. The number of imide groups is 1. The third-order valence-electron chi connectivity index (χ3n) is 3.74. The van der Waals surface area contributed by atoms with E-state index in [1.165, 1.54) is 16.7 Å². The Morgan fingerprint density at radius 2 is 2.05 bits per heavy atom. The fourth-order valence-electron chi connectivity index (χ4n) is 2.61. The van der Waals surface area contributed by atoms with Gasteiger partial charge in [-0.3, -0.25) is 14.5 Å². The van der Waals surface area contributed by atoms with Crippen molar-refractivity contribution in [2.45, 2.75) is 62.1 Å². The van der Waals surface area contributed by atoms with Crippen LogP contribution in [0.3, 0.4) is 0 Å². The number of hydrogen-bond acceptors (Lipinski definition) is 6. The fourth-order valence-corrected chi connectivity index (χ4v) is 3.76. The lowest BCUT2D eigenvalue weighted by atomic mass is 10.3. The van der Waals surface area contributed by atoms with E-state index in [0.29, 0.717) is 17.7 Å². The molecule has 1 aliphatic heterocycles. The molecular weight excluding hydrogens is 290 g/mol. The highest BCUT2D eigenvalue weighted by Crippen LogP contribution is 2.40. The zero-order valence-electron chi connectivity index (χ0n) is 12.2. The first-order valence-corrected chi connectivity index (χ1v) is 8.07. The first-order valence-electron chi connectivity index (χ1n) is 7.19. The summed E-state index contributed by atoms with van der Waals surface area (Å²) >= 11 is 1.34. The standard InChI is InChI=1S/C13H19N5O2S/c1-7(2)17-11(19)5-9(12(17)20)21-13-16-15-10(6-14)18(13)8-3-4-8/h7-9H,3-6,14H2,1-2H3. The molecule has 21 heavy (non-hydrogen) atoms. The SMILES string of the molecule is CC(C)N1C(=O)CC(Sc2nnc(CN)n2C2CC2)C1=O. The highest BCUT2D eigenvalue weighted by atomic mass is 32.2. The number of rotatable bonds is 5. The molecule has 1 aromatic rings. The maximum atomic E-state index is 12.3. The van der Waals surface area contributed by atoms with Gasteiger partial charge in [0.1, 0.15) is 11.1 Å². The molecule has 2 aliphatic rings. The second-order valence-electron chi connectivity index (χ2n) is 5.71. The number of likely N-dealkylation sites (tertiary alicyclic amines) is 1. The average Bonchev–Trinajstić information content (AvgIpc) is 3.12. The fraction of sp³-hybridized carbons (Fsp3) is 0.692. The maximum Gasteiger partial charge on any atom is 0.243 e. The zero-order valence-corrected chi connectivity index (χ0v) is 13.0. The van der Waals surface area contributed by atoms with Crippen LogP contribution < -0.4 is 5.73 Å². The monoisotopic (exact) mass is 309 g/mol. The zero-order chi connectivity index (χ0) is 15.1. The molecule has 8 heteroatoms. The molecule has 7 nitrogen and oxygen atoms in total. The smallest absolute Gasteiger partial charge is 0.243 e. The van der Waals surface area contributed by atoms with Gasteiger partial charge in [-0.05, 0) is 26.7 Å². The molecule has 1 unspecified atom stereocenters. The van der Waals surface area contributed by atoms with Crippen molar-refractivity contribution in [1.29, 1.82) is 0 Å². The van der Waals surface area contributed by atoms with E-state index in [0.717, 1.165) is 18.7 Å². The molecule has 0 radical (unpaired) electrons. The van der Waals surface area contributed by atoms with Crippen molar-refractivity contribution in [1.82, 2.24) is 19.7 Å². The van der Waals surface area contributed by atoms with Crippen LogP contribution in [0.2, 0.25) is 0 Å². The van der Waals surface area contributed by atoms with E-state index in [1.807, 2.05) is 18.4 Å². The van der Waals surface area contributed by atoms with Gasteiger partial charge in [0.05, 0.1) is 6.54 Å². The van der Waals surface area contributed by atoms with E-state index >= 15 is 0 Å². The summed E-state index contributed by atoms with van der Waals surface area (Å²) in [7, 11) is 0. The Hall–Kier alpha value is -1.41. The minimum absolute atomic E-state index is 0.100. The molecule has 1 aliphatic carbocycles. The van der Waals surface area contributed by atoms with Gasteiger partial charge in [0.2, 0.25) is 11.8 Å². The molecule has 0 aromatic carbocycles.